The second kappa shape index (κ2) is 7.07. The van der Waals surface area contributed by atoms with Gasteiger partial charge in [0.25, 0.3) is 0 Å². The van der Waals surface area contributed by atoms with Gasteiger partial charge in [-0.3, -0.25) is 4.98 Å². The van der Waals surface area contributed by atoms with E-state index in [9.17, 15) is 4.79 Å². The fraction of sp³-hybridized carbons (Fsp3) is 0.190. The van der Waals surface area contributed by atoms with Crippen LogP contribution in [0, 0.1) is 0 Å². The standard InChI is InChI=1S/C21H19N3O3/c25-20(26)24-21(10-11-21)18-8-6-16(12-22-18)17-7-9-19(23-13-17)27-14-15-4-2-1-3-5-15/h1-9,12-13,24H,10-11,14H2,(H,25,26). The molecule has 1 aliphatic rings. The summed E-state index contributed by atoms with van der Waals surface area (Å²) in [4.78, 5) is 19.7. The van der Waals surface area contributed by atoms with Crippen LogP contribution in [-0.2, 0) is 12.1 Å². The third-order valence-electron chi connectivity index (χ3n) is 4.65. The summed E-state index contributed by atoms with van der Waals surface area (Å²) in [5.74, 6) is 0.565. The molecule has 136 valence electrons. The maximum atomic E-state index is 10.9. The van der Waals surface area contributed by atoms with Crippen LogP contribution in [-0.4, -0.2) is 21.2 Å². The molecule has 1 amide bonds. The zero-order chi connectivity index (χ0) is 18.7. The molecule has 0 spiro atoms. The first-order valence-corrected chi connectivity index (χ1v) is 8.75. The molecule has 0 bridgehead atoms. The number of hydrogen-bond acceptors (Lipinski definition) is 4. The van der Waals surface area contributed by atoms with Gasteiger partial charge < -0.3 is 15.2 Å². The number of nitrogens with one attached hydrogen (secondary N) is 1. The fourth-order valence-electron chi connectivity index (χ4n) is 2.99. The summed E-state index contributed by atoms with van der Waals surface area (Å²) in [7, 11) is 0. The van der Waals surface area contributed by atoms with Gasteiger partial charge in [-0.2, -0.15) is 0 Å². The smallest absolute Gasteiger partial charge is 0.405 e. The Kier molecular flexibility index (Phi) is 4.46. The van der Waals surface area contributed by atoms with E-state index in [1.807, 2.05) is 54.6 Å². The minimum atomic E-state index is -1.02. The van der Waals surface area contributed by atoms with E-state index in [0.717, 1.165) is 35.2 Å². The van der Waals surface area contributed by atoms with Gasteiger partial charge in [-0.1, -0.05) is 36.4 Å². The maximum absolute atomic E-state index is 10.9. The number of ether oxygens (including phenoxy) is 1. The normalized spacial score (nSPS) is 14.4. The lowest BCUT2D eigenvalue weighted by Crippen LogP contribution is -2.34. The van der Waals surface area contributed by atoms with Crippen molar-refractivity contribution in [3.63, 3.8) is 0 Å². The number of nitrogens with zero attached hydrogens (tertiary/aromatic N) is 2. The predicted molar refractivity (Wildman–Crippen MR) is 100 cm³/mol. The summed E-state index contributed by atoms with van der Waals surface area (Å²) in [6, 6.07) is 17.5. The molecule has 6 heteroatoms. The second-order valence-corrected chi connectivity index (χ2v) is 6.60. The Balaban J connectivity index is 1.42. The lowest BCUT2D eigenvalue weighted by Gasteiger charge is -2.14. The van der Waals surface area contributed by atoms with Crippen LogP contribution in [0.15, 0.2) is 67.0 Å². The van der Waals surface area contributed by atoms with Crippen LogP contribution in [0.1, 0.15) is 24.1 Å². The minimum Gasteiger partial charge on any atom is -0.473 e. The van der Waals surface area contributed by atoms with Crippen molar-refractivity contribution < 1.29 is 14.6 Å². The molecule has 0 unspecified atom stereocenters. The van der Waals surface area contributed by atoms with Gasteiger partial charge in [-0.05, 0) is 30.5 Å². The molecule has 1 fully saturated rings. The zero-order valence-corrected chi connectivity index (χ0v) is 14.6. The minimum absolute atomic E-state index is 0.474. The first kappa shape index (κ1) is 17.0. The van der Waals surface area contributed by atoms with Gasteiger partial charge in [0.2, 0.25) is 5.88 Å². The van der Waals surface area contributed by atoms with Crippen LogP contribution in [0.2, 0.25) is 0 Å². The van der Waals surface area contributed by atoms with Gasteiger partial charge in [0, 0.05) is 29.6 Å². The first-order valence-electron chi connectivity index (χ1n) is 8.75. The molecule has 2 heterocycles. The van der Waals surface area contributed by atoms with Gasteiger partial charge in [0.15, 0.2) is 0 Å². The van der Waals surface area contributed by atoms with Gasteiger partial charge in [0.1, 0.15) is 6.61 Å². The molecule has 27 heavy (non-hydrogen) atoms. The molecule has 1 aromatic carbocycles. The summed E-state index contributed by atoms with van der Waals surface area (Å²) in [6.45, 7) is 0.474. The van der Waals surface area contributed by atoms with Crippen molar-refractivity contribution >= 4 is 6.09 Å². The highest BCUT2D eigenvalue weighted by molar-refractivity contribution is 5.67. The van der Waals surface area contributed by atoms with Crippen molar-refractivity contribution in [3.05, 3.63) is 78.2 Å². The van der Waals surface area contributed by atoms with E-state index in [-0.39, 0.29) is 0 Å². The molecule has 0 radical (unpaired) electrons. The summed E-state index contributed by atoms with van der Waals surface area (Å²) in [5, 5.41) is 11.5. The zero-order valence-electron chi connectivity index (χ0n) is 14.6. The van der Waals surface area contributed by atoms with Crippen molar-refractivity contribution in [3.8, 4) is 17.0 Å². The van der Waals surface area contributed by atoms with Gasteiger partial charge >= 0.3 is 6.09 Å². The molecular formula is C21H19N3O3. The van der Waals surface area contributed by atoms with Crippen molar-refractivity contribution in [1.82, 2.24) is 15.3 Å². The summed E-state index contributed by atoms with van der Waals surface area (Å²) < 4.78 is 5.70. The second-order valence-electron chi connectivity index (χ2n) is 6.60. The predicted octanol–water partition coefficient (Wildman–Crippen LogP) is 3.98. The molecule has 0 aliphatic heterocycles. The van der Waals surface area contributed by atoms with E-state index in [2.05, 4.69) is 15.3 Å². The van der Waals surface area contributed by atoms with E-state index in [1.54, 1.807) is 12.4 Å². The molecule has 1 aliphatic carbocycles. The Morgan fingerprint density at radius 1 is 1.00 bits per heavy atom. The number of benzene rings is 1. The van der Waals surface area contributed by atoms with Crippen molar-refractivity contribution in [1.29, 1.82) is 0 Å². The summed E-state index contributed by atoms with van der Waals surface area (Å²) in [5.41, 5.74) is 3.18. The SMILES string of the molecule is O=C(O)NC1(c2ccc(-c3ccc(OCc4ccccc4)nc3)cn2)CC1. The molecule has 1 saturated carbocycles. The lowest BCUT2D eigenvalue weighted by molar-refractivity contribution is 0.188. The van der Waals surface area contributed by atoms with E-state index in [0.29, 0.717) is 12.5 Å². The van der Waals surface area contributed by atoms with Crippen molar-refractivity contribution in [2.75, 3.05) is 0 Å². The highest BCUT2D eigenvalue weighted by Gasteiger charge is 2.47. The van der Waals surface area contributed by atoms with E-state index in [1.165, 1.54) is 0 Å². The number of hydrogen-bond donors (Lipinski definition) is 2. The average molecular weight is 361 g/mol. The number of carbonyl (C=O) groups is 1. The third kappa shape index (κ3) is 3.89. The molecule has 2 N–H and O–H groups in total. The summed E-state index contributed by atoms with van der Waals surface area (Å²) >= 11 is 0. The fourth-order valence-corrected chi connectivity index (χ4v) is 2.99. The van der Waals surface area contributed by atoms with E-state index >= 15 is 0 Å². The maximum Gasteiger partial charge on any atom is 0.405 e. The van der Waals surface area contributed by atoms with Crippen LogP contribution >= 0.6 is 0 Å². The molecule has 0 saturated heterocycles. The van der Waals surface area contributed by atoms with Crippen LogP contribution in [0.3, 0.4) is 0 Å². The quantitative estimate of drug-likeness (QED) is 0.694. The van der Waals surface area contributed by atoms with E-state index in [4.69, 9.17) is 9.84 Å². The highest BCUT2D eigenvalue weighted by atomic mass is 16.5. The molecule has 4 rings (SSSR count). The molecule has 2 aromatic heterocycles. The molecule has 3 aromatic rings. The van der Waals surface area contributed by atoms with Crippen LogP contribution in [0.25, 0.3) is 11.1 Å². The number of rotatable bonds is 6. The van der Waals surface area contributed by atoms with Gasteiger partial charge in [-0.25, -0.2) is 9.78 Å². The van der Waals surface area contributed by atoms with Crippen LogP contribution in [0.4, 0.5) is 4.79 Å². The average Bonchev–Trinajstić information content (AvgIpc) is 3.48. The third-order valence-corrected chi connectivity index (χ3v) is 4.65. The number of carboxylic acid groups (broad SMARTS) is 1. The monoisotopic (exact) mass is 361 g/mol. The van der Waals surface area contributed by atoms with Crippen molar-refractivity contribution in [2.45, 2.75) is 25.0 Å². The largest absolute Gasteiger partial charge is 0.473 e. The molecule has 0 atom stereocenters. The van der Waals surface area contributed by atoms with Gasteiger partial charge in [-0.15, -0.1) is 0 Å². The Morgan fingerprint density at radius 3 is 2.26 bits per heavy atom. The van der Waals surface area contributed by atoms with E-state index < -0.39 is 11.6 Å². The Labute approximate surface area is 156 Å². The number of amides is 1. The molecular weight excluding hydrogens is 342 g/mol. The topological polar surface area (TPSA) is 84.3 Å². The Morgan fingerprint density at radius 2 is 1.70 bits per heavy atom. The number of pyridine rings is 2. The van der Waals surface area contributed by atoms with Crippen LogP contribution < -0.4 is 10.1 Å². The Bertz CT molecular complexity index is 921. The van der Waals surface area contributed by atoms with Gasteiger partial charge in [0.05, 0.1) is 11.2 Å². The summed E-state index contributed by atoms with van der Waals surface area (Å²) in [6.07, 6.45) is 4.04. The van der Waals surface area contributed by atoms with Crippen LogP contribution in [0.5, 0.6) is 5.88 Å². The Hall–Kier alpha value is -3.41. The highest BCUT2D eigenvalue weighted by Crippen LogP contribution is 2.44. The van der Waals surface area contributed by atoms with Crippen molar-refractivity contribution in [2.24, 2.45) is 0 Å². The molecule has 6 nitrogen and oxygen atoms in total. The number of aromatic nitrogens is 2. The first-order chi connectivity index (χ1) is 13.1. The lowest BCUT2D eigenvalue weighted by atomic mass is 10.1.